The second kappa shape index (κ2) is 7.50. The minimum atomic E-state index is -0.629. The molecule has 1 aliphatic heterocycles. The van der Waals surface area contributed by atoms with E-state index >= 15 is 0 Å². The van der Waals surface area contributed by atoms with Gasteiger partial charge in [-0.2, -0.15) is 0 Å². The maximum Gasteiger partial charge on any atom is 0.236 e. The molecule has 1 aromatic carbocycles. The highest BCUT2D eigenvalue weighted by Gasteiger charge is 2.27. The molecule has 2 N–H and O–H groups in total. The van der Waals surface area contributed by atoms with Crippen molar-refractivity contribution in [3.8, 4) is 0 Å². The smallest absolute Gasteiger partial charge is 0.236 e. The maximum absolute atomic E-state index is 13.6. The number of likely N-dealkylation sites (tertiary alicyclic amines) is 1. The van der Waals surface area contributed by atoms with Gasteiger partial charge < -0.3 is 10.6 Å². The molecule has 0 aliphatic carbocycles. The summed E-state index contributed by atoms with van der Waals surface area (Å²) in [7, 11) is 1.69. The Balaban J connectivity index is 1.90. The number of primary amides is 1. The van der Waals surface area contributed by atoms with Gasteiger partial charge in [0, 0.05) is 31.3 Å². The van der Waals surface area contributed by atoms with Crippen LogP contribution in [0.2, 0.25) is 0 Å². The molecule has 1 aliphatic rings. The summed E-state index contributed by atoms with van der Waals surface area (Å²) < 4.78 is 26.5. The molecule has 0 aromatic heterocycles. The van der Waals surface area contributed by atoms with Crippen LogP contribution in [0.4, 0.5) is 8.78 Å². The lowest BCUT2D eigenvalue weighted by Gasteiger charge is -2.32. The molecule has 0 radical (unpaired) electrons. The molecule has 2 amide bonds. The highest BCUT2D eigenvalue weighted by molar-refractivity contribution is 5.81. The van der Waals surface area contributed by atoms with Gasteiger partial charge in [0.2, 0.25) is 11.8 Å². The average molecular weight is 325 g/mol. The Labute approximate surface area is 134 Å². The zero-order chi connectivity index (χ0) is 17.0. The van der Waals surface area contributed by atoms with Crippen LogP contribution in [0, 0.1) is 17.6 Å². The zero-order valence-electron chi connectivity index (χ0n) is 13.1. The quantitative estimate of drug-likeness (QED) is 0.882. The van der Waals surface area contributed by atoms with Crippen LogP contribution in [0.3, 0.4) is 0 Å². The first-order chi connectivity index (χ1) is 10.9. The molecule has 0 spiro atoms. The van der Waals surface area contributed by atoms with Gasteiger partial charge in [-0.05, 0) is 26.0 Å². The first-order valence-corrected chi connectivity index (χ1v) is 7.56. The third-order valence-corrected chi connectivity index (χ3v) is 4.04. The summed E-state index contributed by atoms with van der Waals surface area (Å²) in [6, 6.07) is 3.39. The molecular weight excluding hydrogens is 304 g/mol. The van der Waals surface area contributed by atoms with E-state index in [0.29, 0.717) is 25.1 Å². The van der Waals surface area contributed by atoms with Gasteiger partial charge in [0.25, 0.3) is 0 Å². The van der Waals surface area contributed by atoms with Crippen molar-refractivity contribution in [3.63, 3.8) is 0 Å². The van der Waals surface area contributed by atoms with Gasteiger partial charge >= 0.3 is 0 Å². The van der Waals surface area contributed by atoms with Crippen LogP contribution in [-0.2, 0) is 16.1 Å². The molecule has 5 nitrogen and oxygen atoms in total. The Morgan fingerprint density at radius 3 is 2.78 bits per heavy atom. The van der Waals surface area contributed by atoms with Gasteiger partial charge in [-0.3, -0.25) is 14.5 Å². The fourth-order valence-electron chi connectivity index (χ4n) is 2.76. The topological polar surface area (TPSA) is 66.6 Å². The second-order valence-electron chi connectivity index (χ2n) is 5.99. The van der Waals surface area contributed by atoms with E-state index in [9.17, 15) is 18.4 Å². The second-order valence-corrected chi connectivity index (χ2v) is 5.99. The summed E-state index contributed by atoms with van der Waals surface area (Å²) >= 11 is 0. The summed E-state index contributed by atoms with van der Waals surface area (Å²) in [4.78, 5) is 26.8. The number of likely N-dealkylation sites (N-methyl/N-ethyl adjacent to an activating group) is 1. The highest BCUT2D eigenvalue weighted by Crippen LogP contribution is 2.17. The van der Waals surface area contributed by atoms with E-state index in [-0.39, 0.29) is 30.8 Å². The van der Waals surface area contributed by atoms with Crippen LogP contribution in [0.5, 0.6) is 0 Å². The number of benzene rings is 1. The van der Waals surface area contributed by atoms with Gasteiger partial charge in [0.15, 0.2) is 0 Å². The number of halogens is 2. The van der Waals surface area contributed by atoms with E-state index in [0.717, 1.165) is 12.5 Å². The fourth-order valence-corrected chi connectivity index (χ4v) is 2.76. The summed E-state index contributed by atoms with van der Waals surface area (Å²) in [5, 5.41) is 0. The van der Waals surface area contributed by atoms with Crippen LogP contribution >= 0.6 is 0 Å². The predicted octanol–water partition coefficient (Wildman–Crippen LogP) is 1.12. The largest absolute Gasteiger partial charge is 0.369 e. The molecule has 23 heavy (non-hydrogen) atoms. The lowest BCUT2D eigenvalue weighted by molar-refractivity contribution is -0.135. The number of piperidine rings is 1. The highest BCUT2D eigenvalue weighted by atomic mass is 19.1. The van der Waals surface area contributed by atoms with Crippen molar-refractivity contribution >= 4 is 11.8 Å². The minimum Gasteiger partial charge on any atom is -0.369 e. The summed E-state index contributed by atoms with van der Waals surface area (Å²) in [5.74, 6) is -2.07. The van der Waals surface area contributed by atoms with Crippen molar-refractivity contribution < 1.29 is 18.4 Å². The number of carbonyl (C=O) groups is 2. The maximum atomic E-state index is 13.6. The lowest BCUT2D eigenvalue weighted by atomic mass is 9.97. The average Bonchev–Trinajstić information content (AvgIpc) is 2.50. The van der Waals surface area contributed by atoms with Crippen molar-refractivity contribution in [1.82, 2.24) is 9.80 Å². The van der Waals surface area contributed by atoms with Crippen LogP contribution < -0.4 is 5.73 Å². The van der Waals surface area contributed by atoms with Crippen LogP contribution in [-0.4, -0.2) is 48.3 Å². The van der Waals surface area contributed by atoms with Gasteiger partial charge in [0.05, 0.1) is 12.5 Å². The van der Waals surface area contributed by atoms with Crippen LogP contribution in [0.15, 0.2) is 18.2 Å². The van der Waals surface area contributed by atoms with E-state index in [1.165, 1.54) is 12.1 Å². The van der Waals surface area contributed by atoms with Crippen molar-refractivity contribution in [2.75, 3.05) is 26.7 Å². The van der Waals surface area contributed by atoms with E-state index in [2.05, 4.69) is 0 Å². The molecule has 126 valence electrons. The molecule has 1 atom stereocenters. The predicted molar refractivity (Wildman–Crippen MR) is 81.2 cm³/mol. The zero-order valence-corrected chi connectivity index (χ0v) is 13.1. The third kappa shape index (κ3) is 4.72. The molecule has 1 heterocycles. The number of hydrogen-bond acceptors (Lipinski definition) is 3. The normalized spacial score (nSPS) is 18.3. The number of hydrogen-bond donors (Lipinski definition) is 1. The van der Waals surface area contributed by atoms with Gasteiger partial charge in [-0.1, -0.05) is 6.07 Å². The molecule has 2 rings (SSSR count). The van der Waals surface area contributed by atoms with Gasteiger partial charge in [-0.25, -0.2) is 8.78 Å². The summed E-state index contributed by atoms with van der Waals surface area (Å²) in [5.41, 5.74) is 5.63. The number of nitrogens with two attached hydrogens (primary N) is 1. The molecule has 0 saturated carbocycles. The van der Waals surface area contributed by atoms with Gasteiger partial charge in [-0.15, -0.1) is 0 Å². The number of rotatable bonds is 5. The van der Waals surface area contributed by atoms with Crippen molar-refractivity contribution in [2.24, 2.45) is 11.7 Å². The molecule has 1 fully saturated rings. The Morgan fingerprint density at radius 1 is 1.39 bits per heavy atom. The van der Waals surface area contributed by atoms with E-state index < -0.39 is 11.6 Å². The van der Waals surface area contributed by atoms with Crippen molar-refractivity contribution in [2.45, 2.75) is 19.4 Å². The Bertz CT molecular complexity index is 595. The Hall–Kier alpha value is -2.02. The fraction of sp³-hybridized carbons (Fsp3) is 0.500. The minimum absolute atomic E-state index is 0.0995. The number of nitrogens with zero attached hydrogens (tertiary/aromatic N) is 2. The van der Waals surface area contributed by atoms with Crippen molar-refractivity contribution in [3.05, 3.63) is 35.4 Å². The van der Waals surface area contributed by atoms with Crippen LogP contribution in [0.25, 0.3) is 0 Å². The SMILES string of the molecule is CN(CC(=O)N1CCCC(C(N)=O)C1)Cc1ccc(F)cc1F. The standard InChI is InChI=1S/C16H21F2N3O2/c1-20(8-11-4-5-13(17)7-14(11)18)10-15(22)21-6-2-3-12(9-21)16(19)23/h4-5,7,12H,2-3,6,8-10H2,1H3,(H2,19,23). The molecule has 1 aromatic rings. The van der Waals surface area contributed by atoms with E-state index in [4.69, 9.17) is 5.73 Å². The molecule has 1 unspecified atom stereocenters. The first kappa shape index (κ1) is 17.3. The molecular formula is C16H21F2N3O2. The van der Waals surface area contributed by atoms with Crippen molar-refractivity contribution in [1.29, 1.82) is 0 Å². The number of carbonyl (C=O) groups excluding carboxylic acids is 2. The summed E-state index contributed by atoms with van der Waals surface area (Å²) in [6.45, 7) is 1.24. The van der Waals surface area contributed by atoms with E-state index in [1.807, 2.05) is 0 Å². The first-order valence-electron chi connectivity index (χ1n) is 7.56. The number of amides is 2. The molecule has 1 saturated heterocycles. The summed E-state index contributed by atoms with van der Waals surface area (Å²) in [6.07, 6.45) is 1.45. The monoisotopic (exact) mass is 325 g/mol. The molecule has 7 heteroatoms. The third-order valence-electron chi connectivity index (χ3n) is 4.04. The lowest BCUT2D eigenvalue weighted by Crippen LogP contribution is -2.47. The van der Waals surface area contributed by atoms with Crippen LogP contribution in [0.1, 0.15) is 18.4 Å². The Morgan fingerprint density at radius 2 is 2.13 bits per heavy atom. The van der Waals surface area contributed by atoms with E-state index in [1.54, 1.807) is 16.8 Å². The Kier molecular flexibility index (Phi) is 5.65. The van der Waals surface area contributed by atoms with Gasteiger partial charge in [0.1, 0.15) is 11.6 Å². The molecule has 0 bridgehead atoms.